The van der Waals surface area contributed by atoms with Crippen molar-refractivity contribution in [2.75, 3.05) is 5.32 Å². The molecule has 19 heavy (non-hydrogen) atoms. The summed E-state index contributed by atoms with van der Waals surface area (Å²) in [5.74, 6) is 0.00158. The van der Waals surface area contributed by atoms with E-state index in [0.717, 1.165) is 15.7 Å². The van der Waals surface area contributed by atoms with E-state index in [0.29, 0.717) is 0 Å². The fourth-order valence-electron chi connectivity index (χ4n) is 1.47. The molecular weight excluding hydrogens is 276 g/mol. The second kappa shape index (κ2) is 6.21. The minimum Gasteiger partial charge on any atom is -0.325 e. The molecule has 5 heteroatoms. The molecule has 2 aromatic rings. The number of aryl methyl sites for hydroxylation is 2. The highest BCUT2D eigenvalue weighted by Crippen LogP contribution is 2.27. The van der Waals surface area contributed by atoms with Crippen LogP contribution in [0.1, 0.15) is 18.2 Å². The molecular formula is C14H16N2OS2. The molecule has 1 heterocycles. The largest absolute Gasteiger partial charge is 0.325 e. The van der Waals surface area contributed by atoms with Crippen molar-refractivity contribution in [1.82, 2.24) is 4.98 Å². The minimum absolute atomic E-state index is 0.00158. The molecule has 2 rings (SSSR count). The van der Waals surface area contributed by atoms with Gasteiger partial charge < -0.3 is 5.32 Å². The monoisotopic (exact) mass is 292 g/mol. The summed E-state index contributed by atoms with van der Waals surface area (Å²) in [6.45, 7) is 5.87. The van der Waals surface area contributed by atoms with E-state index in [1.807, 2.05) is 50.4 Å². The van der Waals surface area contributed by atoms with Crippen LogP contribution in [0.15, 0.2) is 34.0 Å². The lowest BCUT2D eigenvalue weighted by atomic mass is 10.2. The molecule has 1 unspecified atom stereocenters. The number of amides is 1. The van der Waals surface area contributed by atoms with Gasteiger partial charge in [0.2, 0.25) is 5.91 Å². The number of anilines is 1. The molecule has 3 nitrogen and oxygen atoms in total. The van der Waals surface area contributed by atoms with Crippen LogP contribution in [0.5, 0.6) is 0 Å². The molecule has 1 amide bonds. The Hall–Kier alpha value is -1.33. The fourth-order valence-corrected chi connectivity index (χ4v) is 3.46. The summed E-state index contributed by atoms with van der Waals surface area (Å²) in [4.78, 5) is 16.4. The molecule has 0 fully saturated rings. The second-order valence-corrected chi connectivity index (χ2v) is 6.82. The van der Waals surface area contributed by atoms with Gasteiger partial charge in [0.05, 0.1) is 5.25 Å². The van der Waals surface area contributed by atoms with Crippen LogP contribution in [0.25, 0.3) is 0 Å². The van der Waals surface area contributed by atoms with Gasteiger partial charge in [-0.15, -0.1) is 11.3 Å². The molecule has 0 aliphatic heterocycles. The van der Waals surface area contributed by atoms with Gasteiger partial charge in [-0.05, 0) is 32.9 Å². The van der Waals surface area contributed by atoms with Crippen molar-refractivity contribution >= 4 is 34.7 Å². The normalized spacial score (nSPS) is 12.2. The van der Waals surface area contributed by atoms with E-state index in [9.17, 15) is 4.79 Å². The molecule has 0 bridgehead atoms. The molecule has 0 spiro atoms. The van der Waals surface area contributed by atoms with E-state index in [4.69, 9.17) is 0 Å². The number of nitrogens with zero attached hydrogens (tertiary/aromatic N) is 1. The van der Waals surface area contributed by atoms with Gasteiger partial charge in [-0.1, -0.05) is 29.5 Å². The second-order valence-electron chi connectivity index (χ2n) is 4.37. The number of aromatic nitrogens is 1. The number of benzene rings is 1. The summed E-state index contributed by atoms with van der Waals surface area (Å²) in [5.41, 5.74) is 3.01. The smallest absolute Gasteiger partial charge is 0.237 e. The number of hydrogen-bond acceptors (Lipinski definition) is 4. The molecule has 100 valence electrons. The van der Waals surface area contributed by atoms with Crippen LogP contribution in [0.4, 0.5) is 5.69 Å². The van der Waals surface area contributed by atoms with Gasteiger partial charge in [-0.25, -0.2) is 4.98 Å². The quantitative estimate of drug-likeness (QED) is 0.870. The molecule has 1 atom stereocenters. The Bertz CT molecular complexity index is 563. The van der Waals surface area contributed by atoms with E-state index in [1.165, 1.54) is 17.3 Å². The standard InChI is InChI=1S/C14H16N2OS2/c1-9-4-6-12(7-5-9)16-13(17)11(3)19-14-15-10(2)8-18-14/h4-8,11H,1-3H3,(H,16,17). The maximum Gasteiger partial charge on any atom is 0.237 e. The van der Waals surface area contributed by atoms with Crippen molar-refractivity contribution in [2.45, 2.75) is 30.4 Å². The summed E-state index contributed by atoms with van der Waals surface area (Å²) in [5, 5.41) is 4.75. The Morgan fingerprint density at radius 3 is 2.58 bits per heavy atom. The molecule has 0 radical (unpaired) electrons. The van der Waals surface area contributed by atoms with Crippen molar-refractivity contribution in [3.05, 3.63) is 40.9 Å². The predicted octanol–water partition coefficient (Wildman–Crippen LogP) is 3.88. The zero-order chi connectivity index (χ0) is 13.8. The molecule has 0 saturated carbocycles. The van der Waals surface area contributed by atoms with Gasteiger partial charge in [0.1, 0.15) is 0 Å². The fraction of sp³-hybridized carbons (Fsp3) is 0.286. The summed E-state index contributed by atoms with van der Waals surface area (Å²) < 4.78 is 0.934. The van der Waals surface area contributed by atoms with E-state index in [2.05, 4.69) is 10.3 Å². The first-order chi connectivity index (χ1) is 9.04. The van der Waals surface area contributed by atoms with Crippen molar-refractivity contribution in [1.29, 1.82) is 0 Å². The highest BCUT2D eigenvalue weighted by molar-refractivity contribution is 8.02. The van der Waals surface area contributed by atoms with Crippen molar-refractivity contribution in [3.63, 3.8) is 0 Å². The number of thioether (sulfide) groups is 1. The van der Waals surface area contributed by atoms with Gasteiger partial charge in [0, 0.05) is 16.8 Å². The Labute approximate surface area is 121 Å². The number of rotatable bonds is 4. The molecule has 0 aliphatic carbocycles. The first-order valence-electron chi connectivity index (χ1n) is 6.01. The number of hydrogen-bond donors (Lipinski definition) is 1. The van der Waals surface area contributed by atoms with E-state index < -0.39 is 0 Å². The SMILES string of the molecule is Cc1ccc(NC(=O)C(C)Sc2nc(C)cs2)cc1. The average Bonchev–Trinajstić information content (AvgIpc) is 2.77. The number of nitrogens with one attached hydrogen (secondary N) is 1. The lowest BCUT2D eigenvalue weighted by Gasteiger charge is -2.10. The van der Waals surface area contributed by atoms with E-state index >= 15 is 0 Å². The van der Waals surface area contributed by atoms with E-state index in [1.54, 1.807) is 11.3 Å². The van der Waals surface area contributed by atoms with Gasteiger partial charge >= 0.3 is 0 Å². The third-order valence-electron chi connectivity index (χ3n) is 2.56. The molecule has 0 aliphatic rings. The maximum atomic E-state index is 12.1. The Morgan fingerprint density at radius 2 is 2.00 bits per heavy atom. The van der Waals surface area contributed by atoms with Crippen molar-refractivity contribution < 1.29 is 4.79 Å². The van der Waals surface area contributed by atoms with Gasteiger partial charge in [-0.3, -0.25) is 4.79 Å². The zero-order valence-electron chi connectivity index (χ0n) is 11.1. The summed E-state index contributed by atoms with van der Waals surface area (Å²) in [7, 11) is 0. The lowest BCUT2D eigenvalue weighted by molar-refractivity contribution is -0.115. The Morgan fingerprint density at radius 1 is 1.32 bits per heavy atom. The number of carbonyl (C=O) groups excluding carboxylic acids is 1. The minimum atomic E-state index is -0.160. The Balaban J connectivity index is 1.94. The Kier molecular flexibility index (Phi) is 4.61. The molecule has 1 aromatic heterocycles. The first kappa shape index (κ1) is 14.1. The van der Waals surface area contributed by atoms with E-state index in [-0.39, 0.29) is 11.2 Å². The topological polar surface area (TPSA) is 42.0 Å². The predicted molar refractivity (Wildman–Crippen MR) is 82.0 cm³/mol. The number of thiazole rings is 1. The summed E-state index contributed by atoms with van der Waals surface area (Å²) >= 11 is 3.07. The summed E-state index contributed by atoms with van der Waals surface area (Å²) in [6.07, 6.45) is 0. The van der Waals surface area contributed by atoms with Gasteiger partial charge in [0.15, 0.2) is 4.34 Å². The van der Waals surface area contributed by atoms with Crippen LogP contribution in [0, 0.1) is 13.8 Å². The van der Waals surface area contributed by atoms with Crippen molar-refractivity contribution in [2.24, 2.45) is 0 Å². The van der Waals surface area contributed by atoms with Crippen LogP contribution >= 0.6 is 23.1 Å². The van der Waals surface area contributed by atoms with Crippen LogP contribution < -0.4 is 5.32 Å². The van der Waals surface area contributed by atoms with Crippen LogP contribution in [0.3, 0.4) is 0 Å². The summed E-state index contributed by atoms with van der Waals surface area (Å²) in [6, 6.07) is 7.80. The highest BCUT2D eigenvalue weighted by Gasteiger charge is 2.16. The number of carbonyl (C=O) groups is 1. The van der Waals surface area contributed by atoms with Crippen LogP contribution in [-0.4, -0.2) is 16.1 Å². The van der Waals surface area contributed by atoms with Gasteiger partial charge in [-0.2, -0.15) is 0 Å². The highest BCUT2D eigenvalue weighted by atomic mass is 32.2. The first-order valence-corrected chi connectivity index (χ1v) is 7.77. The average molecular weight is 292 g/mol. The lowest BCUT2D eigenvalue weighted by Crippen LogP contribution is -2.22. The van der Waals surface area contributed by atoms with Crippen molar-refractivity contribution in [3.8, 4) is 0 Å². The third-order valence-corrected chi connectivity index (χ3v) is 4.75. The van der Waals surface area contributed by atoms with Gasteiger partial charge in [0.25, 0.3) is 0 Å². The molecule has 0 saturated heterocycles. The molecule has 1 N–H and O–H groups in total. The molecule has 1 aromatic carbocycles. The van der Waals surface area contributed by atoms with Crippen LogP contribution in [0.2, 0.25) is 0 Å². The zero-order valence-corrected chi connectivity index (χ0v) is 12.8. The van der Waals surface area contributed by atoms with Crippen LogP contribution in [-0.2, 0) is 4.79 Å². The third kappa shape index (κ3) is 4.08. The maximum absolute atomic E-state index is 12.1.